The van der Waals surface area contributed by atoms with Crippen molar-refractivity contribution in [2.75, 3.05) is 19.3 Å². The van der Waals surface area contributed by atoms with E-state index >= 15 is 0 Å². The van der Waals surface area contributed by atoms with Crippen molar-refractivity contribution in [3.8, 4) is 0 Å². The molecular formula is C22H25FN2O4S. The fourth-order valence-electron chi connectivity index (χ4n) is 3.47. The summed E-state index contributed by atoms with van der Waals surface area (Å²) in [5, 5.41) is 2.84. The van der Waals surface area contributed by atoms with Crippen molar-refractivity contribution in [2.24, 2.45) is 5.92 Å². The maximum Gasteiger partial charge on any atom is 0.253 e. The molecule has 1 N–H and O–H groups in total. The number of nitrogens with zero attached hydrogens (tertiary/aromatic N) is 1. The third-order valence-corrected chi connectivity index (χ3v) is 6.48. The van der Waals surface area contributed by atoms with Crippen molar-refractivity contribution < 1.29 is 22.4 Å². The van der Waals surface area contributed by atoms with Crippen molar-refractivity contribution in [2.45, 2.75) is 31.2 Å². The summed E-state index contributed by atoms with van der Waals surface area (Å²) in [5.74, 6) is -0.864. The van der Waals surface area contributed by atoms with Gasteiger partial charge in [0.05, 0.1) is 4.90 Å². The lowest BCUT2D eigenvalue weighted by Gasteiger charge is -2.31. The summed E-state index contributed by atoms with van der Waals surface area (Å²) in [4.78, 5) is 26.9. The Balaban J connectivity index is 1.54. The molecule has 1 aliphatic rings. The number of hydrogen-bond acceptors (Lipinski definition) is 4. The van der Waals surface area contributed by atoms with Crippen molar-refractivity contribution in [3.63, 3.8) is 0 Å². The monoisotopic (exact) mass is 432 g/mol. The molecule has 2 aromatic carbocycles. The zero-order valence-corrected chi connectivity index (χ0v) is 17.8. The minimum atomic E-state index is -3.39. The Morgan fingerprint density at radius 1 is 1.13 bits per heavy atom. The molecule has 1 heterocycles. The smallest absolute Gasteiger partial charge is 0.253 e. The van der Waals surface area contributed by atoms with Gasteiger partial charge in [-0.3, -0.25) is 9.59 Å². The van der Waals surface area contributed by atoms with Gasteiger partial charge in [-0.15, -0.1) is 0 Å². The number of piperidine rings is 1. The molecule has 0 spiro atoms. The number of aryl methyl sites for hydroxylation is 1. The minimum Gasteiger partial charge on any atom is -0.352 e. The van der Waals surface area contributed by atoms with Gasteiger partial charge in [-0.2, -0.15) is 0 Å². The average Bonchev–Trinajstić information content (AvgIpc) is 2.73. The molecule has 0 aromatic heterocycles. The Morgan fingerprint density at radius 3 is 2.47 bits per heavy atom. The van der Waals surface area contributed by atoms with Gasteiger partial charge in [-0.25, -0.2) is 12.8 Å². The van der Waals surface area contributed by atoms with Gasteiger partial charge in [0, 0.05) is 37.4 Å². The summed E-state index contributed by atoms with van der Waals surface area (Å²) in [6.07, 6.45) is 2.14. The first-order chi connectivity index (χ1) is 14.1. The van der Waals surface area contributed by atoms with Crippen LogP contribution in [-0.2, 0) is 21.2 Å². The van der Waals surface area contributed by atoms with Gasteiger partial charge in [0.15, 0.2) is 9.84 Å². The second kappa shape index (κ2) is 8.95. The molecular weight excluding hydrogens is 407 g/mol. The van der Waals surface area contributed by atoms with Crippen LogP contribution in [0.2, 0.25) is 0 Å². The summed E-state index contributed by atoms with van der Waals surface area (Å²) < 4.78 is 37.0. The van der Waals surface area contributed by atoms with Crippen LogP contribution in [0.15, 0.2) is 47.4 Å². The van der Waals surface area contributed by atoms with Gasteiger partial charge in [-0.05, 0) is 55.2 Å². The lowest BCUT2D eigenvalue weighted by molar-refractivity contribution is -0.126. The number of benzene rings is 2. The zero-order valence-electron chi connectivity index (χ0n) is 17.0. The largest absolute Gasteiger partial charge is 0.352 e. The standard InChI is InChI=1S/C22H25FN2O4S/c1-15-6-7-16(12-20(15)23)14-24-21(26)17-8-10-25(11-9-17)22(27)18-4-3-5-19(13-18)30(2,28)29/h3-7,12-13,17H,8-11,14H2,1-2H3,(H,24,26). The number of likely N-dealkylation sites (tertiary alicyclic amines) is 1. The van der Waals surface area contributed by atoms with E-state index in [1.807, 2.05) is 0 Å². The summed E-state index contributed by atoms with van der Waals surface area (Å²) in [6.45, 7) is 2.77. The van der Waals surface area contributed by atoms with Gasteiger partial charge < -0.3 is 10.2 Å². The van der Waals surface area contributed by atoms with E-state index in [4.69, 9.17) is 0 Å². The molecule has 0 saturated carbocycles. The van der Waals surface area contributed by atoms with Crippen LogP contribution in [0, 0.1) is 18.7 Å². The van der Waals surface area contributed by atoms with E-state index in [1.165, 1.54) is 18.2 Å². The molecule has 2 amide bonds. The highest BCUT2D eigenvalue weighted by atomic mass is 32.2. The van der Waals surface area contributed by atoms with Crippen molar-refractivity contribution in [1.29, 1.82) is 0 Å². The summed E-state index contributed by atoms with van der Waals surface area (Å²) >= 11 is 0. The zero-order chi connectivity index (χ0) is 21.9. The SMILES string of the molecule is Cc1ccc(CNC(=O)C2CCN(C(=O)c3cccc(S(C)(=O)=O)c3)CC2)cc1F. The van der Waals surface area contributed by atoms with Crippen LogP contribution in [0.3, 0.4) is 0 Å². The average molecular weight is 433 g/mol. The van der Waals surface area contributed by atoms with E-state index < -0.39 is 9.84 Å². The molecule has 1 saturated heterocycles. The van der Waals surface area contributed by atoms with E-state index in [1.54, 1.807) is 36.1 Å². The van der Waals surface area contributed by atoms with E-state index in [9.17, 15) is 22.4 Å². The third kappa shape index (κ3) is 5.24. The van der Waals surface area contributed by atoms with Gasteiger partial charge in [0.25, 0.3) is 5.91 Å². The third-order valence-electron chi connectivity index (χ3n) is 5.37. The first-order valence-corrected chi connectivity index (χ1v) is 11.7. The molecule has 0 bridgehead atoms. The van der Waals surface area contributed by atoms with E-state index in [0.717, 1.165) is 6.26 Å². The van der Waals surface area contributed by atoms with E-state index in [-0.39, 0.29) is 35.0 Å². The Labute approximate surface area is 176 Å². The number of nitrogens with one attached hydrogen (secondary N) is 1. The highest BCUT2D eigenvalue weighted by molar-refractivity contribution is 7.90. The minimum absolute atomic E-state index is 0.107. The maximum atomic E-state index is 13.6. The summed E-state index contributed by atoms with van der Waals surface area (Å²) in [7, 11) is -3.39. The highest BCUT2D eigenvalue weighted by Gasteiger charge is 2.28. The Bertz CT molecular complexity index is 1060. The number of sulfone groups is 1. The number of amides is 2. The number of carbonyl (C=O) groups excluding carboxylic acids is 2. The van der Waals surface area contributed by atoms with Gasteiger partial charge in [-0.1, -0.05) is 18.2 Å². The molecule has 2 aromatic rings. The number of halogens is 1. The van der Waals surface area contributed by atoms with E-state index in [2.05, 4.69) is 5.32 Å². The predicted molar refractivity (Wildman–Crippen MR) is 111 cm³/mol. The fourth-order valence-corrected chi connectivity index (χ4v) is 4.13. The number of carbonyl (C=O) groups is 2. The summed E-state index contributed by atoms with van der Waals surface area (Å²) in [6, 6.07) is 10.9. The van der Waals surface area contributed by atoms with Crippen LogP contribution < -0.4 is 5.32 Å². The first kappa shape index (κ1) is 22.0. The van der Waals surface area contributed by atoms with Crippen LogP contribution in [0.25, 0.3) is 0 Å². The molecule has 30 heavy (non-hydrogen) atoms. The quantitative estimate of drug-likeness (QED) is 0.788. The van der Waals surface area contributed by atoms with Crippen molar-refractivity contribution >= 4 is 21.7 Å². The Kier molecular flexibility index (Phi) is 6.55. The molecule has 0 atom stereocenters. The number of hydrogen-bond donors (Lipinski definition) is 1. The molecule has 8 heteroatoms. The normalized spacial score (nSPS) is 15.1. The predicted octanol–water partition coefficient (Wildman–Crippen LogP) is 2.71. The van der Waals surface area contributed by atoms with Crippen LogP contribution in [-0.4, -0.2) is 44.5 Å². The second-order valence-electron chi connectivity index (χ2n) is 7.67. The van der Waals surface area contributed by atoms with Gasteiger partial charge in [0.2, 0.25) is 5.91 Å². The molecule has 6 nitrogen and oxygen atoms in total. The lowest BCUT2D eigenvalue weighted by Crippen LogP contribution is -2.43. The molecule has 0 radical (unpaired) electrons. The molecule has 160 valence electrons. The van der Waals surface area contributed by atoms with Crippen molar-refractivity contribution in [1.82, 2.24) is 10.2 Å². The molecule has 3 rings (SSSR count). The Hall–Kier alpha value is -2.74. The molecule has 0 aliphatic carbocycles. The molecule has 1 aliphatic heterocycles. The van der Waals surface area contributed by atoms with E-state index in [0.29, 0.717) is 42.6 Å². The van der Waals surface area contributed by atoms with Crippen LogP contribution in [0.5, 0.6) is 0 Å². The van der Waals surface area contributed by atoms with Gasteiger partial charge in [0.1, 0.15) is 5.82 Å². The van der Waals surface area contributed by atoms with Crippen LogP contribution >= 0.6 is 0 Å². The fraction of sp³-hybridized carbons (Fsp3) is 0.364. The maximum absolute atomic E-state index is 13.6. The van der Waals surface area contributed by atoms with Gasteiger partial charge >= 0.3 is 0 Å². The summed E-state index contributed by atoms with van der Waals surface area (Å²) in [5.41, 5.74) is 1.58. The first-order valence-electron chi connectivity index (χ1n) is 9.77. The number of rotatable bonds is 5. The molecule has 1 fully saturated rings. The van der Waals surface area contributed by atoms with Crippen LogP contribution in [0.1, 0.15) is 34.3 Å². The topological polar surface area (TPSA) is 83.6 Å². The second-order valence-corrected chi connectivity index (χ2v) is 9.68. The van der Waals surface area contributed by atoms with Crippen molar-refractivity contribution in [3.05, 3.63) is 65.0 Å². The highest BCUT2D eigenvalue weighted by Crippen LogP contribution is 2.21. The lowest BCUT2D eigenvalue weighted by atomic mass is 9.95. The Morgan fingerprint density at radius 2 is 1.83 bits per heavy atom. The van der Waals surface area contributed by atoms with Crippen LogP contribution in [0.4, 0.5) is 4.39 Å². The molecule has 0 unspecified atom stereocenters.